The number of ether oxygens (including phenoxy) is 4. The SMILES string of the molecule is CCCC1CCC(C2CCC(OCOCC(OC(=O)C3CCC(C4CCC(CCC)CC4)CC3)C3CCCC(OC)C3)CC2)CC1. The van der Waals surface area contributed by atoms with E-state index in [0.29, 0.717) is 25.4 Å². The van der Waals surface area contributed by atoms with Crippen molar-refractivity contribution in [3.63, 3.8) is 0 Å². The van der Waals surface area contributed by atoms with Gasteiger partial charge in [-0.2, -0.15) is 0 Å². The molecule has 3 unspecified atom stereocenters. The number of hydrogen-bond donors (Lipinski definition) is 0. The van der Waals surface area contributed by atoms with Gasteiger partial charge in [-0.05, 0) is 132 Å². The van der Waals surface area contributed by atoms with E-state index in [4.69, 9.17) is 18.9 Å². The van der Waals surface area contributed by atoms with Crippen molar-refractivity contribution < 1.29 is 23.7 Å². The predicted molar refractivity (Wildman–Crippen MR) is 186 cm³/mol. The Hall–Kier alpha value is -0.650. The van der Waals surface area contributed by atoms with Crippen molar-refractivity contribution in [2.45, 2.75) is 186 Å². The van der Waals surface area contributed by atoms with E-state index in [1.165, 1.54) is 116 Å². The van der Waals surface area contributed by atoms with E-state index in [1.54, 1.807) is 0 Å². The van der Waals surface area contributed by atoms with Crippen LogP contribution in [-0.2, 0) is 23.7 Å². The zero-order valence-electron chi connectivity index (χ0n) is 30.3. The number of methoxy groups -OCH3 is 1. The van der Waals surface area contributed by atoms with Gasteiger partial charge in [0.25, 0.3) is 0 Å². The third kappa shape index (κ3) is 10.9. The van der Waals surface area contributed by atoms with E-state index in [-0.39, 0.29) is 24.1 Å². The van der Waals surface area contributed by atoms with Gasteiger partial charge in [-0.25, -0.2) is 0 Å². The molecule has 0 heterocycles. The lowest BCUT2D eigenvalue weighted by Gasteiger charge is -2.38. The summed E-state index contributed by atoms with van der Waals surface area (Å²) < 4.78 is 24.6. The van der Waals surface area contributed by atoms with Crippen molar-refractivity contribution in [1.29, 1.82) is 0 Å². The first kappa shape index (κ1) is 36.6. The fraction of sp³-hybridized carbons (Fsp3) is 0.976. The average Bonchev–Trinajstić information content (AvgIpc) is 3.11. The molecule has 0 bridgehead atoms. The average molecular weight is 645 g/mol. The Morgan fingerprint density at radius 2 is 1.15 bits per heavy atom. The maximum atomic E-state index is 13.6. The zero-order valence-corrected chi connectivity index (χ0v) is 30.3. The molecule has 5 heteroatoms. The Kier molecular flexibility index (Phi) is 15.5. The van der Waals surface area contributed by atoms with E-state index in [9.17, 15) is 4.79 Å². The van der Waals surface area contributed by atoms with Crippen LogP contribution in [0.3, 0.4) is 0 Å². The standard InChI is InChI=1S/C41H72O5/c1-4-7-30-11-15-32(16-12-30)34-19-21-36(22-20-34)41(42)46-40(37-9-6-10-39(27-37)43-3)28-44-29-45-38-25-23-35(24-26-38)33-17-13-31(8-5-2)14-18-33/h30-40H,4-29H2,1-3H3. The largest absolute Gasteiger partial charge is 0.459 e. The molecular weight excluding hydrogens is 572 g/mol. The fourth-order valence-corrected chi connectivity index (χ4v) is 10.8. The number of hydrogen-bond acceptors (Lipinski definition) is 5. The second kappa shape index (κ2) is 19.5. The summed E-state index contributed by atoms with van der Waals surface area (Å²) in [5.41, 5.74) is 0. The molecule has 0 aromatic rings. The third-order valence-electron chi connectivity index (χ3n) is 13.8. The monoisotopic (exact) mass is 645 g/mol. The lowest BCUT2D eigenvalue weighted by molar-refractivity contribution is -0.172. The van der Waals surface area contributed by atoms with Crippen LogP contribution in [0.25, 0.3) is 0 Å². The lowest BCUT2D eigenvalue weighted by Crippen LogP contribution is -2.39. The fourth-order valence-electron chi connectivity index (χ4n) is 10.8. The van der Waals surface area contributed by atoms with E-state index >= 15 is 0 Å². The number of rotatable bonds is 15. The summed E-state index contributed by atoms with van der Waals surface area (Å²) in [6, 6.07) is 0. The minimum atomic E-state index is -0.195. The summed E-state index contributed by atoms with van der Waals surface area (Å²) in [5.74, 6) is 5.92. The van der Waals surface area contributed by atoms with Crippen molar-refractivity contribution in [2.24, 2.45) is 47.3 Å². The quantitative estimate of drug-likeness (QED) is 0.101. The minimum absolute atomic E-state index is 0.0289. The van der Waals surface area contributed by atoms with E-state index in [0.717, 1.165) is 74.0 Å². The van der Waals surface area contributed by atoms with Gasteiger partial charge in [0, 0.05) is 13.0 Å². The van der Waals surface area contributed by atoms with Gasteiger partial charge in [-0.1, -0.05) is 71.6 Å². The van der Waals surface area contributed by atoms with E-state index in [2.05, 4.69) is 13.8 Å². The van der Waals surface area contributed by atoms with E-state index in [1.807, 2.05) is 7.11 Å². The van der Waals surface area contributed by atoms with Crippen molar-refractivity contribution in [2.75, 3.05) is 20.5 Å². The summed E-state index contributed by atoms with van der Waals surface area (Å²) in [5, 5.41) is 0. The number of esters is 1. The molecule has 0 N–H and O–H groups in total. The normalized spacial score (nSPS) is 38.2. The molecule has 5 saturated carbocycles. The number of carbonyl (C=O) groups excluding carboxylic acids is 1. The van der Waals surface area contributed by atoms with Crippen LogP contribution in [-0.4, -0.2) is 44.8 Å². The molecule has 46 heavy (non-hydrogen) atoms. The smallest absolute Gasteiger partial charge is 0.309 e. The van der Waals surface area contributed by atoms with Crippen LogP contribution in [0.15, 0.2) is 0 Å². The third-order valence-corrected chi connectivity index (χ3v) is 13.8. The highest BCUT2D eigenvalue weighted by Crippen LogP contribution is 2.44. The summed E-state index contributed by atoms with van der Waals surface area (Å²) in [7, 11) is 1.82. The molecular formula is C41H72O5. The molecule has 0 radical (unpaired) electrons. The Bertz CT molecular complexity index is 830. The van der Waals surface area contributed by atoms with Crippen LogP contribution in [0.5, 0.6) is 0 Å². The maximum absolute atomic E-state index is 13.6. The van der Waals surface area contributed by atoms with Gasteiger partial charge >= 0.3 is 5.97 Å². The molecule has 3 atom stereocenters. The summed E-state index contributed by atoms with van der Waals surface area (Å²) >= 11 is 0. The molecule has 5 aliphatic rings. The zero-order chi connectivity index (χ0) is 32.1. The predicted octanol–water partition coefficient (Wildman–Crippen LogP) is 10.7. The van der Waals surface area contributed by atoms with Gasteiger partial charge in [0.15, 0.2) is 0 Å². The first-order chi connectivity index (χ1) is 22.6. The molecule has 0 amide bonds. The molecule has 0 aliphatic heterocycles. The van der Waals surface area contributed by atoms with E-state index < -0.39 is 0 Å². The molecule has 266 valence electrons. The molecule has 5 aliphatic carbocycles. The highest BCUT2D eigenvalue weighted by atomic mass is 16.7. The van der Waals surface area contributed by atoms with Gasteiger partial charge in [0.2, 0.25) is 0 Å². The van der Waals surface area contributed by atoms with Gasteiger partial charge in [-0.15, -0.1) is 0 Å². The van der Waals surface area contributed by atoms with Crippen LogP contribution < -0.4 is 0 Å². The molecule has 0 aromatic heterocycles. The van der Waals surface area contributed by atoms with Crippen molar-refractivity contribution in [3.8, 4) is 0 Å². The van der Waals surface area contributed by atoms with Crippen LogP contribution in [0.2, 0.25) is 0 Å². The topological polar surface area (TPSA) is 54.0 Å². The molecule has 5 fully saturated rings. The maximum Gasteiger partial charge on any atom is 0.309 e. The van der Waals surface area contributed by atoms with Crippen molar-refractivity contribution >= 4 is 5.97 Å². The first-order valence-electron chi connectivity index (χ1n) is 20.5. The molecule has 0 aromatic carbocycles. The van der Waals surface area contributed by atoms with Crippen LogP contribution in [0.4, 0.5) is 0 Å². The Balaban J connectivity index is 1.02. The van der Waals surface area contributed by atoms with Gasteiger partial charge in [-0.3, -0.25) is 4.79 Å². The van der Waals surface area contributed by atoms with Crippen molar-refractivity contribution in [1.82, 2.24) is 0 Å². The highest BCUT2D eigenvalue weighted by Gasteiger charge is 2.37. The summed E-state index contributed by atoms with van der Waals surface area (Å²) in [6.45, 7) is 5.42. The first-order valence-corrected chi connectivity index (χ1v) is 20.5. The second-order valence-corrected chi connectivity index (χ2v) is 16.7. The van der Waals surface area contributed by atoms with Crippen LogP contribution in [0.1, 0.15) is 168 Å². The van der Waals surface area contributed by atoms with Crippen LogP contribution in [0, 0.1) is 47.3 Å². The molecule has 0 saturated heterocycles. The molecule has 0 spiro atoms. The molecule has 5 nitrogen and oxygen atoms in total. The Labute approximate surface area is 283 Å². The second-order valence-electron chi connectivity index (χ2n) is 16.7. The molecule has 5 rings (SSSR count). The number of carbonyl (C=O) groups is 1. The van der Waals surface area contributed by atoms with Crippen LogP contribution >= 0.6 is 0 Å². The summed E-state index contributed by atoms with van der Waals surface area (Å²) in [6.07, 6.45) is 31.1. The van der Waals surface area contributed by atoms with Gasteiger partial charge in [0.1, 0.15) is 12.9 Å². The van der Waals surface area contributed by atoms with Crippen molar-refractivity contribution in [3.05, 3.63) is 0 Å². The highest BCUT2D eigenvalue weighted by molar-refractivity contribution is 5.72. The van der Waals surface area contributed by atoms with Gasteiger partial charge < -0.3 is 18.9 Å². The Morgan fingerprint density at radius 3 is 1.67 bits per heavy atom. The minimum Gasteiger partial charge on any atom is -0.459 e. The lowest BCUT2D eigenvalue weighted by atomic mass is 9.69. The summed E-state index contributed by atoms with van der Waals surface area (Å²) in [4.78, 5) is 13.6. The van der Waals surface area contributed by atoms with Gasteiger partial charge in [0.05, 0.1) is 24.7 Å². The Morgan fingerprint density at radius 1 is 0.630 bits per heavy atom.